The van der Waals surface area contributed by atoms with Gasteiger partial charge >= 0.3 is 0 Å². The van der Waals surface area contributed by atoms with Crippen LogP contribution in [0.5, 0.6) is 5.75 Å². The third kappa shape index (κ3) is 5.68. The molecule has 0 saturated carbocycles. The van der Waals surface area contributed by atoms with E-state index in [-0.39, 0.29) is 5.41 Å². The first kappa shape index (κ1) is 18.5. The molecule has 1 N–H and O–H groups in total. The van der Waals surface area contributed by atoms with Gasteiger partial charge in [-0.25, -0.2) is 0 Å². The number of para-hydroxylation sites is 1. The van der Waals surface area contributed by atoms with E-state index in [9.17, 15) is 0 Å². The van der Waals surface area contributed by atoms with E-state index >= 15 is 0 Å². The van der Waals surface area contributed by atoms with Gasteiger partial charge in [-0.15, -0.1) is 0 Å². The molecule has 2 rings (SSSR count). The molecule has 0 aliphatic heterocycles. The quantitative estimate of drug-likeness (QED) is 0.651. The smallest absolute Gasteiger partial charge is 0.123 e. The van der Waals surface area contributed by atoms with E-state index in [4.69, 9.17) is 4.74 Å². The van der Waals surface area contributed by atoms with Crippen molar-refractivity contribution < 1.29 is 4.74 Å². The molecule has 2 heteroatoms. The van der Waals surface area contributed by atoms with Crippen molar-refractivity contribution in [2.24, 2.45) is 0 Å². The van der Waals surface area contributed by atoms with E-state index in [1.165, 1.54) is 16.7 Å². The lowest BCUT2D eigenvalue weighted by Gasteiger charge is -2.19. The fourth-order valence-electron chi connectivity index (χ4n) is 2.58. The van der Waals surface area contributed by atoms with Crippen molar-refractivity contribution in [3.05, 3.63) is 65.2 Å². The van der Waals surface area contributed by atoms with Crippen molar-refractivity contribution in [3.63, 3.8) is 0 Å². The minimum absolute atomic E-state index is 0.209. The summed E-state index contributed by atoms with van der Waals surface area (Å²) in [6.07, 6.45) is 2.26. The summed E-state index contributed by atoms with van der Waals surface area (Å²) in [6.45, 7) is 11.4. The van der Waals surface area contributed by atoms with Crippen molar-refractivity contribution in [1.82, 2.24) is 5.32 Å². The Morgan fingerprint density at radius 3 is 2.29 bits per heavy atom. The molecule has 0 bridgehead atoms. The highest BCUT2D eigenvalue weighted by molar-refractivity contribution is 5.33. The predicted octanol–water partition coefficient (Wildman–Crippen LogP) is 5.45. The number of benzene rings is 2. The molecule has 0 saturated heterocycles. The van der Waals surface area contributed by atoms with Crippen molar-refractivity contribution >= 4 is 0 Å². The lowest BCUT2D eigenvalue weighted by Crippen LogP contribution is -2.15. The number of rotatable bonds is 8. The highest BCUT2D eigenvalue weighted by atomic mass is 16.5. The molecule has 130 valence electrons. The molecular formula is C22H31NO. The van der Waals surface area contributed by atoms with Crippen molar-refractivity contribution in [2.75, 3.05) is 6.61 Å². The van der Waals surface area contributed by atoms with Crippen molar-refractivity contribution in [1.29, 1.82) is 0 Å². The van der Waals surface area contributed by atoms with Crippen molar-refractivity contribution in [2.45, 2.75) is 59.0 Å². The van der Waals surface area contributed by atoms with Crippen LogP contribution >= 0.6 is 0 Å². The van der Waals surface area contributed by atoms with Crippen molar-refractivity contribution in [3.8, 4) is 5.75 Å². The van der Waals surface area contributed by atoms with Gasteiger partial charge in [-0.05, 0) is 29.0 Å². The lowest BCUT2D eigenvalue weighted by molar-refractivity contribution is 0.305. The van der Waals surface area contributed by atoms with Crippen LogP contribution in [0.3, 0.4) is 0 Å². The molecule has 0 amide bonds. The van der Waals surface area contributed by atoms with E-state index in [0.29, 0.717) is 0 Å². The Kier molecular flexibility index (Phi) is 6.86. The molecule has 0 radical (unpaired) electrons. The number of nitrogens with one attached hydrogen (secondary N) is 1. The van der Waals surface area contributed by atoms with Crippen LogP contribution in [0.25, 0.3) is 0 Å². The van der Waals surface area contributed by atoms with E-state index in [2.05, 4.69) is 75.5 Å². The van der Waals surface area contributed by atoms with Crippen LogP contribution in [0.4, 0.5) is 0 Å². The topological polar surface area (TPSA) is 21.3 Å². The molecule has 0 aromatic heterocycles. The summed E-state index contributed by atoms with van der Waals surface area (Å²) in [5.74, 6) is 1.00. The summed E-state index contributed by atoms with van der Waals surface area (Å²) in [4.78, 5) is 0. The summed E-state index contributed by atoms with van der Waals surface area (Å²) in [5.41, 5.74) is 4.12. The zero-order chi connectivity index (χ0) is 17.4. The van der Waals surface area contributed by atoms with Gasteiger partial charge in [0.25, 0.3) is 0 Å². The molecule has 0 atom stereocenters. The largest absolute Gasteiger partial charge is 0.493 e. The standard InChI is InChI=1S/C22H31NO/c1-5-6-15-24-21-10-8-7-9-19(21)17-23-16-18-11-13-20(14-12-18)22(2,3)4/h7-14,23H,5-6,15-17H2,1-4H3. The molecule has 0 aliphatic carbocycles. The Bertz CT molecular complexity index is 611. The maximum absolute atomic E-state index is 5.89. The normalized spacial score (nSPS) is 11.5. The van der Waals surface area contributed by atoms with Crippen LogP contribution in [0, 0.1) is 0 Å². The average molecular weight is 325 g/mol. The zero-order valence-corrected chi connectivity index (χ0v) is 15.6. The van der Waals surface area contributed by atoms with Crippen LogP contribution in [0.1, 0.15) is 57.2 Å². The summed E-state index contributed by atoms with van der Waals surface area (Å²) in [6, 6.07) is 17.2. The molecule has 2 aromatic carbocycles. The number of hydrogen-bond donors (Lipinski definition) is 1. The Labute approximate surface area is 147 Å². The van der Waals surface area contributed by atoms with Gasteiger partial charge in [0.1, 0.15) is 5.75 Å². The summed E-state index contributed by atoms with van der Waals surface area (Å²) in [7, 11) is 0. The summed E-state index contributed by atoms with van der Waals surface area (Å²) in [5, 5.41) is 3.53. The average Bonchev–Trinajstić information content (AvgIpc) is 2.56. The van der Waals surface area contributed by atoms with E-state index in [1.807, 2.05) is 6.07 Å². The Hall–Kier alpha value is -1.80. The van der Waals surface area contributed by atoms with Gasteiger partial charge in [0, 0.05) is 18.7 Å². The van der Waals surface area contributed by atoms with Gasteiger partial charge in [-0.3, -0.25) is 0 Å². The van der Waals surface area contributed by atoms with Crippen LogP contribution in [0.15, 0.2) is 48.5 Å². The predicted molar refractivity (Wildman–Crippen MR) is 103 cm³/mol. The first-order valence-electron chi connectivity index (χ1n) is 9.01. The SMILES string of the molecule is CCCCOc1ccccc1CNCc1ccc(C(C)(C)C)cc1. The fraction of sp³-hybridized carbons (Fsp3) is 0.455. The minimum atomic E-state index is 0.209. The Morgan fingerprint density at radius 2 is 1.62 bits per heavy atom. The monoisotopic (exact) mass is 325 g/mol. The van der Waals surface area contributed by atoms with Crippen LogP contribution in [-0.2, 0) is 18.5 Å². The molecule has 24 heavy (non-hydrogen) atoms. The third-order valence-electron chi connectivity index (χ3n) is 4.19. The number of unbranched alkanes of at least 4 members (excludes halogenated alkanes) is 1. The summed E-state index contributed by atoms with van der Waals surface area (Å²) >= 11 is 0. The molecule has 0 heterocycles. The molecule has 0 aliphatic rings. The van der Waals surface area contributed by atoms with E-state index in [1.54, 1.807) is 0 Å². The number of ether oxygens (including phenoxy) is 1. The maximum Gasteiger partial charge on any atom is 0.123 e. The first-order valence-corrected chi connectivity index (χ1v) is 9.01. The molecule has 0 fully saturated rings. The zero-order valence-electron chi connectivity index (χ0n) is 15.6. The molecular weight excluding hydrogens is 294 g/mol. The highest BCUT2D eigenvalue weighted by Crippen LogP contribution is 2.22. The van der Waals surface area contributed by atoms with Gasteiger partial charge in [0.05, 0.1) is 6.61 Å². The van der Waals surface area contributed by atoms with Crippen LogP contribution in [0.2, 0.25) is 0 Å². The number of hydrogen-bond acceptors (Lipinski definition) is 2. The Balaban J connectivity index is 1.88. The van der Waals surface area contributed by atoms with Gasteiger partial charge < -0.3 is 10.1 Å². The van der Waals surface area contributed by atoms with Gasteiger partial charge in [-0.2, -0.15) is 0 Å². The fourth-order valence-corrected chi connectivity index (χ4v) is 2.58. The molecule has 0 spiro atoms. The van der Waals surface area contributed by atoms with Gasteiger partial charge in [-0.1, -0.05) is 76.6 Å². The minimum Gasteiger partial charge on any atom is -0.493 e. The highest BCUT2D eigenvalue weighted by Gasteiger charge is 2.12. The summed E-state index contributed by atoms with van der Waals surface area (Å²) < 4.78 is 5.89. The van der Waals surface area contributed by atoms with Gasteiger partial charge in [0.15, 0.2) is 0 Å². The lowest BCUT2D eigenvalue weighted by atomic mass is 9.87. The second-order valence-corrected chi connectivity index (χ2v) is 7.36. The van der Waals surface area contributed by atoms with Gasteiger partial charge in [0.2, 0.25) is 0 Å². The van der Waals surface area contributed by atoms with E-state index in [0.717, 1.165) is 38.3 Å². The second kappa shape index (κ2) is 8.89. The first-order chi connectivity index (χ1) is 11.5. The van der Waals surface area contributed by atoms with Crippen LogP contribution in [-0.4, -0.2) is 6.61 Å². The third-order valence-corrected chi connectivity index (χ3v) is 4.19. The van der Waals surface area contributed by atoms with Crippen LogP contribution < -0.4 is 10.1 Å². The molecule has 0 unspecified atom stereocenters. The second-order valence-electron chi connectivity index (χ2n) is 7.36. The maximum atomic E-state index is 5.89. The molecule has 2 aromatic rings. The molecule has 2 nitrogen and oxygen atoms in total. The Morgan fingerprint density at radius 1 is 0.917 bits per heavy atom. The van der Waals surface area contributed by atoms with E-state index < -0.39 is 0 Å².